The molecule has 0 amide bonds. The Bertz CT molecular complexity index is 817. The summed E-state index contributed by atoms with van der Waals surface area (Å²) in [5.41, 5.74) is 3.14. The van der Waals surface area contributed by atoms with E-state index in [9.17, 15) is 0 Å². The van der Waals surface area contributed by atoms with Crippen LogP contribution in [0.15, 0.2) is 58.5 Å². The normalized spacial score (nSPS) is 12.4. The quantitative estimate of drug-likeness (QED) is 0.558. The van der Waals surface area contributed by atoms with Gasteiger partial charge in [-0.15, -0.1) is 0 Å². The number of pyridine rings is 1. The number of fused-ring (bicyclic) bond motifs is 4. The van der Waals surface area contributed by atoms with E-state index in [1.165, 1.54) is 0 Å². The topological polar surface area (TPSA) is 34.1 Å². The summed E-state index contributed by atoms with van der Waals surface area (Å²) in [6, 6.07) is 14.2. The van der Waals surface area contributed by atoms with Crippen LogP contribution in [0, 0.1) is 0 Å². The summed E-state index contributed by atoms with van der Waals surface area (Å²) < 4.78 is 5.45. The SMILES string of the molecule is COc1cccc2c1Nc1c(cnc3ccccc13)S2. The van der Waals surface area contributed by atoms with Crippen LogP contribution in [-0.4, -0.2) is 12.1 Å². The minimum Gasteiger partial charge on any atom is -0.495 e. The van der Waals surface area contributed by atoms with E-state index >= 15 is 0 Å². The highest BCUT2D eigenvalue weighted by molar-refractivity contribution is 7.99. The Kier molecular flexibility index (Phi) is 2.57. The van der Waals surface area contributed by atoms with Gasteiger partial charge in [0.2, 0.25) is 0 Å². The Morgan fingerprint density at radius 2 is 1.90 bits per heavy atom. The van der Waals surface area contributed by atoms with Gasteiger partial charge in [-0.2, -0.15) is 0 Å². The minimum absolute atomic E-state index is 0.863. The lowest BCUT2D eigenvalue weighted by atomic mass is 10.1. The second-order valence-electron chi connectivity index (χ2n) is 4.58. The van der Waals surface area contributed by atoms with Crippen LogP contribution in [0.25, 0.3) is 10.9 Å². The van der Waals surface area contributed by atoms with E-state index in [4.69, 9.17) is 4.74 Å². The molecule has 0 fully saturated rings. The third-order valence-electron chi connectivity index (χ3n) is 3.42. The van der Waals surface area contributed by atoms with Gasteiger partial charge in [0.15, 0.2) is 0 Å². The van der Waals surface area contributed by atoms with Crippen molar-refractivity contribution in [2.75, 3.05) is 12.4 Å². The first-order valence-electron chi connectivity index (χ1n) is 6.36. The molecule has 0 unspecified atom stereocenters. The molecule has 98 valence electrons. The van der Waals surface area contributed by atoms with E-state index < -0.39 is 0 Å². The third kappa shape index (κ3) is 1.65. The molecule has 0 atom stereocenters. The van der Waals surface area contributed by atoms with E-state index in [2.05, 4.69) is 22.4 Å². The highest BCUT2D eigenvalue weighted by Crippen LogP contribution is 2.49. The molecule has 1 aliphatic rings. The standard InChI is InChI=1S/C16H12N2OS/c1-19-12-7-4-8-13-16(12)18-15-10-5-2-3-6-11(10)17-9-14(15)20-13/h2-9,18H,1H3. The molecular weight excluding hydrogens is 268 g/mol. The first-order chi connectivity index (χ1) is 9.86. The van der Waals surface area contributed by atoms with Crippen LogP contribution in [-0.2, 0) is 0 Å². The highest BCUT2D eigenvalue weighted by Gasteiger charge is 2.20. The molecular formula is C16H12N2OS. The summed E-state index contributed by atoms with van der Waals surface area (Å²) in [6.07, 6.45) is 1.93. The van der Waals surface area contributed by atoms with Crippen LogP contribution in [0.2, 0.25) is 0 Å². The summed E-state index contributed by atoms with van der Waals surface area (Å²) in [7, 11) is 1.70. The summed E-state index contributed by atoms with van der Waals surface area (Å²) in [4.78, 5) is 6.82. The number of para-hydroxylation sites is 2. The molecule has 0 aliphatic carbocycles. The van der Waals surface area contributed by atoms with E-state index in [0.29, 0.717) is 0 Å². The van der Waals surface area contributed by atoms with Crippen LogP contribution in [0.1, 0.15) is 0 Å². The molecule has 0 bridgehead atoms. The van der Waals surface area contributed by atoms with Gasteiger partial charge in [-0.3, -0.25) is 4.98 Å². The lowest BCUT2D eigenvalue weighted by Gasteiger charge is -2.23. The molecule has 0 radical (unpaired) electrons. The van der Waals surface area contributed by atoms with Crippen LogP contribution in [0.5, 0.6) is 5.75 Å². The van der Waals surface area contributed by atoms with Gasteiger partial charge in [-0.25, -0.2) is 0 Å². The fraction of sp³-hybridized carbons (Fsp3) is 0.0625. The van der Waals surface area contributed by atoms with E-state index in [1.807, 2.05) is 36.5 Å². The smallest absolute Gasteiger partial charge is 0.143 e. The highest BCUT2D eigenvalue weighted by atomic mass is 32.2. The second-order valence-corrected chi connectivity index (χ2v) is 5.66. The second kappa shape index (κ2) is 4.42. The molecule has 0 saturated heterocycles. The van der Waals surface area contributed by atoms with Crippen LogP contribution in [0.4, 0.5) is 11.4 Å². The zero-order chi connectivity index (χ0) is 13.5. The molecule has 1 N–H and O–H groups in total. The van der Waals surface area contributed by atoms with Gasteiger partial charge < -0.3 is 10.1 Å². The molecule has 3 aromatic rings. The summed E-state index contributed by atoms with van der Waals surface area (Å²) >= 11 is 1.72. The predicted molar refractivity (Wildman–Crippen MR) is 82.1 cm³/mol. The van der Waals surface area contributed by atoms with E-state index in [1.54, 1.807) is 18.9 Å². The Labute approximate surface area is 121 Å². The number of ether oxygens (including phenoxy) is 1. The number of nitrogens with one attached hydrogen (secondary N) is 1. The zero-order valence-electron chi connectivity index (χ0n) is 10.9. The Morgan fingerprint density at radius 1 is 1.00 bits per heavy atom. The number of methoxy groups -OCH3 is 1. The number of hydrogen-bond acceptors (Lipinski definition) is 4. The monoisotopic (exact) mass is 280 g/mol. The third-order valence-corrected chi connectivity index (χ3v) is 4.51. The lowest BCUT2D eigenvalue weighted by molar-refractivity contribution is 0.416. The molecule has 20 heavy (non-hydrogen) atoms. The first-order valence-corrected chi connectivity index (χ1v) is 7.18. The largest absolute Gasteiger partial charge is 0.495 e. The van der Waals surface area contributed by atoms with Crippen LogP contribution < -0.4 is 10.1 Å². The molecule has 4 rings (SSSR count). The Balaban J connectivity index is 1.95. The summed E-state index contributed by atoms with van der Waals surface area (Å²) in [6.45, 7) is 0. The summed E-state index contributed by atoms with van der Waals surface area (Å²) in [5, 5.41) is 4.65. The van der Waals surface area contributed by atoms with Crippen molar-refractivity contribution < 1.29 is 4.74 Å². The molecule has 2 aromatic carbocycles. The van der Waals surface area contributed by atoms with Gasteiger partial charge in [0.1, 0.15) is 5.75 Å². The van der Waals surface area contributed by atoms with Crippen LogP contribution >= 0.6 is 11.8 Å². The average molecular weight is 280 g/mol. The Morgan fingerprint density at radius 3 is 2.80 bits per heavy atom. The van der Waals surface area contributed by atoms with Crippen molar-refractivity contribution in [2.24, 2.45) is 0 Å². The number of anilines is 2. The van der Waals surface area contributed by atoms with Crippen molar-refractivity contribution in [3.8, 4) is 5.75 Å². The zero-order valence-corrected chi connectivity index (χ0v) is 11.7. The first kappa shape index (κ1) is 11.6. The van der Waals surface area contributed by atoms with Gasteiger partial charge in [0, 0.05) is 16.5 Å². The number of rotatable bonds is 1. The number of hydrogen-bond donors (Lipinski definition) is 1. The average Bonchev–Trinajstić information content (AvgIpc) is 2.52. The maximum absolute atomic E-state index is 5.45. The molecule has 0 saturated carbocycles. The van der Waals surface area contributed by atoms with Crippen molar-refractivity contribution in [1.29, 1.82) is 0 Å². The molecule has 4 heteroatoms. The number of nitrogens with zero attached hydrogens (tertiary/aromatic N) is 1. The van der Waals surface area contributed by atoms with Gasteiger partial charge in [0.25, 0.3) is 0 Å². The maximum Gasteiger partial charge on any atom is 0.143 e. The number of benzene rings is 2. The van der Waals surface area contributed by atoms with Gasteiger partial charge >= 0.3 is 0 Å². The van der Waals surface area contributed by atoms with Crippen molar-refractivity contribution in [2.45, 2.75) is 9.79 Å². The number of aromatic nitrogens is 1. The molecule has 1 aliphatic heterocycles. The fourth-order valence-electron chi connectivity index (χ4n) is 2.46. The maximum atomic E-state index is 5.45. The van der Waals surface area contributed by atoms with E-state index in [0.717, 1.165) is 37.8 Å². The van der Waals surface area contributed by atoms with Crippen molar-refractivity contribution >= 4 is 34.0 Å². The van der Waals surface area contributed by atoms with Crippen LogP contribution in [0.3, 0.4) is 0 Å². The molecule has 0 spiro atoms. The summed E-state index contributed by atoms with van der Waals surface area (Å²) in [5.74, 6) is 0.863. The Hall–Kier alpha value is -2.20. The van der Waals surface area contributed by atoms with Gasteiger partial charge in [-0.05, 0) is 18.2 Å². The van der Waals surface area contributed by atoms with Crippen molar-refractivity contribution in [1.82, 2.24) is 4.98 Å². The molecule has 3 nitrogen and oxygen atoms in total. The molecule has 2 heterocycles. The van der Waals surface area contributed by atoms with Gasteiger partial charge in [-0.1, -0.05) is 36.0 Å². The molecule has 1 aromatic heterocycles. The van der Waals surface area contributed by atoms with E-state index in [-0.39, 0.29) is 0 Å². The lowest BCUT2D eigenvalue weighted by Crippen LogP contribution is -2.03. The van der Waals surface area contributed by atoms with Crippen molar-refractivity contribution in [3.63, 3.8) is 0 Å². The predicted octanol–water partition coefficient (Wildman–Crippen LogP) is 4.45. The van der Waals surface area contributed by atoms with Crippen molar-refractivity contribution in [3.05, 3.63) is 48.7 Å². The minimum atomic E-state index is 0.863. The van der Waals surface area contributed by atoms with Gasteiger partial charge in [0.05, 0.1) is 28.9 Å². The fourth-order valence-corrected chi connectivity index (χ4v) is 3.47.